The Hall–Kier alpha value is -2.71. The normalized spacial score (nSPS) is 12.7. The fourth-order valence-corrected chi connectivity index (χ4v) is 4.03. The average molecular weight is 401 g/mol. The molecule has 3 aromatic rings. The summed E-state index contributed by atoms with van der Waals surface area (Å²) in [7, 11) is 3.98. The smallest absolute Gasteiger partial charge is 0.260 e. The van der Waals surface area contributed by atoms with Gasteiger partial charge in [-0.05, 0) is 63.5 Å². The second-order valence-electron chi connectivity index (χ2n) is 6.79. The van der Waals surface area contributed by atoms with E-state index < -0.39 is 0 Å². The van der Waals surface area contributed by atoms with Gasteiger partial charge in [0.1, 0.15) is 5.82 Å². The van der Waals surface area contributed by atoms with Crippen molar-refractivity contribution in [3.63, 3.8) is 0 Å². The molecule has 1 aliphatic rings. The number of ether oxygens (including phenoxy) is 2. The van der Waals surface area contributed by atoms with E-state index in [-0.39, 0.29) is 18.5 Å². The van der Waals surface area contributed by atoms with Crippen LogP contribution in [-0.2, 0) is 0 Å². The number of fused-ring (bicyclic) bond motifs is 2. The average Bonchev–Trinajstić information content (AvgIpc) is 3.29. The highest BCUT2D eigenvalue weighted by Crippen LogP contribution is 2.34. The molecule has 0 spiro atoms. The molecule has 6 nitrogen and oxygen atoms in total. The van der Waals surface area contributed by atoms with Crippen LogP contribution in [0.4, 0.5) is 9.52 Å². The Morgan fingerprint density at radius 2 is 1.96 bits per heavy atom. The van der Waals surface area contributed by atoms with Crippen LogP contribution in [0.15, 0.2) is 36.4 Å². The van der Waals surface area contributed by atoms with Crippen LogP contribution < -0.4 is 14.4 Å². The number of nitrogens with zero attached hydrogens (tertiary/aromatic N) is 3. The van der Waals surface area contributed by atoms with Gasteiger partial charge < -0.3 is 14.4 Å². The molecule has 2 aromatic carbocycles. The van der Waals surface area contributed by atoms with Crippen molar-refractivity contribution in [3.05, 3.63) is 47.8 Å². The molecule has 0 fully saturated rings. The molecule has 8 heteroatoms. The van der Waals surface area contributed by atoms with Crippen molar-refractivity contribution in [2.75, 3.05) is 38.9 Å². The summed E-state index contributed by atoms with van der Waals surface area (Å²) in [5, 5.41) is 0.557. The topological polar surface area (TPSA) is 54.9 Å². The number of hydrogen-bond acceptors (Lipinski definition) is 6. The van der Waals surface area contributed by atoms with Crippen LogP contribution in [-0.4, -0.2) is 49.8 Å². The summed E-state index contributed by atoms with van der Waals surface area (Å²) in [5.74, 6) is 0.706. The molecule has 28 heavy (non-hydrogen) atoms. The number of anilines is 1. The summed E-state index contributed by atoms with van der Waals surface area (Å²) in [6.07, 6.45) is 0.785. The van der Waals surface area contributed by atoms with Crippen molar-refractivity contribution in [2.24, 2.45) is 0 Å². The van der Waals surface area contributed by atoms with Gasteiger partial charge in [0.15, 0.2) is 16.6 Å². The maximum Gasteiger partial charge on any atom is 0.260 e. The van der Waals surface area contributed by atoms with Gasteiger partial charge in [0.05, 0.1) is 10.2 Å². The number of rotatable bonds is 6. The van der Waals surface area contributed by atoms with Crippen LogP contribution in [0.1, 0.15) is 16.8 Å². The van der Waals surface area contributed by atoms with Crippen molar-refractivity contribution in [3.8, 4) is 11.5 Å². The molecule has 0 aliphatic carbocycles. The van der Waals surface area contributed by atoms with Gasteiger partial charge in [-0.15, -0.1) is 0 Å². The standard InChI is InChI=1S/C20H20FN3O3S/c1-23(2)8-3-9-24(20-22-15-6-5-14(21)11-18(15)28-20)19(25)13-4-7-16-17(10-13)27-12-26-16/h4-7,10-11H,3,8-9,12H2,1-2H3. The molecular weight excluding hydrogens is 381 g/mol. The Labute approximate surface area is 166 Å². The van der Waals surface area contributed by atoms with E-state index in [9.17, 15) is 9.18 Å². The van der Waals surface area contributed by atoms with Gasteiger partial charge in [0.25, 0.3) is 5.91 Å². The second-order valence-corrected chi connectivity index (χ2v) is 7.80. The van der Waals surface area contributed by atoms with Gasteiger partial charge in [-0.1, -0.05) is 11.3 Å². The molecule has 0 radical (unpaired) electrons. The molecule has 0 saturated carbocycles. The molecule has 0 atom stereocenters. The van der Waals surface area contributed by atoms with Gasteiger partial charge in [0, 0.05) is 12.1 Å². The molecule has 0 N–H and O–H groups in total. The summed E-state index contributed by atoms with van der Waals surface area (Å²) >= 11 is 1.31. The molecule has 1 amide bonds. The van der Waals surface area contributed by atoms with Crippen molar-refractivity contribution in [2.45, 2.75) is 6.42 Å². The highest BCUT2D eigenvalue weighted by molar-refractivity contribution is 7.22. The molecule has 0 bridgehead atoms. The molecule has 4 rings (SSSR count). The Bertz CT molecular complexity index is 1020. The monoisotopic (exact) mass is 401 g/mol. The molecule has 2 heterocycles. The van der Waals surface area contributed by atoms with E-state index in [0.717, 1.165) is 13.0 Å². The number of aromatic nitrogens is 1. The third kappa shape index (κ3) is 3.79. The Kier molecular flexibility index (Phi) is 5.15. The molecule has 146 valence electrons. The van der Waals surface area contributed by atoms with Gasteiger partial charge in [-0.25, -0.2) is 9.37 Å². The number of benzene rings is 2. The molecule has 1 aliphatic heterocycles. The summed E-state index contributed by atoms with van der Waals surface area (Å²) in [4.78, 5) is 21.6. The maximum atomic E-state index is 13.6. The van der Waals surface area contributed by atoms with E-state index in [1.165, 1.54) is 23.5 Å². The van der Waals surface area contributed by atoms with E-state index in [1.807, 2.05) is 14.1 Å². The first-order valence-corrected chi connectivity index (χ1v) is 9.75. The van der Waals surface area contributed by atoms with E-state index in [1.54, 1.807) is 29.2 Å². The van der Waals surface area contributed by atoms with E-state index >= 15 is 0 Å². The molecule has 0 unspecified atom stereocenters. The van der Waals surface area contributed by atoms with E-state index in [0.29, 0.717) is 39.0 Å². The van der Waals surface area contributed by atoms with Crippen molar-refractivity contribution >= 4 is 32.6 Å². The van der Waals surface area contributed by atoms with Crippen LogP contribution in [0.2, 0.25) is 0 Å². The van der Waals surface area contributed by atoms with Gasteiger partial charge in [-0.3, -0.25) is 9.69 Å². The third-order valence-corrected chi connectivity index (χ3v) is 5.46. The first-order chi connectivity index (χ1) is 13.5. The molecular formula is C20H20FN3O3S. The zero-order valence-electron chi connectivity index (χ0n) is 15.6. The van der Waals surface area contributed by atoms with Gasteiger partial charge in [0.2, 0.25) is 6.79 Å². The lowest BCUT2D eigenvalue weighted by molar-refractivity contribution is 0.0985. The Morgan fingerprint density at radius 3 is 2.79 bits per heavy atom. The van der Waals surface area contributed by atoms with Crippen LogP contribution >= 0.6 is 11.3 Å². The SMILES string of the molecule is CN(C)CCCN(C(=O)c1ccc2c(c1)OCO2)c1nc2ccc(F)cc2s1. The van der Waals surface area contributed by atoms with Crippen molar-refractivity contribution < 1.29 is 18.7 Å². The molecule has 0 saturated heterocycles. The highest BCUT2D eigenvalue weighted by atomic mass is 32.1. The van der Waals surface area contributed by atoms with Gasteiger partial charge >= 0.3 is 0 Å². The lowest BCUT2D eigenvalue weighted by Gasteiger charge is -2.21. The summed E-state index contributed by atoms with van der Waals surface area (Å²) < 4.78 is 25.0. The van der Waals surface area contributed by atoms with Crippen molar-refractivity contribution in [1.29, 1.82) is 0 Å². The summed E-state index contributed by atoms with van der Waals surface area (Å²) in [6, 6.07) is 9.61. The van der Waals surface area contributed by atoms with Crippen LogP contribution in [0.5, 0.6) is 11.5 Å². The zero-order valence-corrected chi connectivity index (χ0v) is 16.5. The first-order valence-electron chi connectivity index (χ1n) is 8.93. The van der Waals surface area contributed by atoms with Crippen LogP contribution in [0.25, 0.3) is 10.2 Å². The minimum Gasteiger partial charge on any atom is -0.454 e. The number of thiazole rings is 1. The fraction of sp³-hybridized carbons (Fsp3) is 0.300. The Balaban J connectivity index is 1.66. The fourth-order valence-electron chi connectivity index (χ4n) is 3.02. The second kappa shape index (κ2) is 7.73. The zero-order chi connectivity index (χ0) is 19.7. The lowest BCUT2D eigenvalue weighted by atomic mass is 10.1. The first kappa shape index (κ1) is 18.6. The number of hydrogen-bond donors (Lipinski definition) is 0. The largest absolute Gasteiger partial charge is 0.454 e. The van der Waals surface area contributed by atoms with Gasteiger partial charge in [-0.2, -0.15) is 0 Å². The highest BCUT2D eigenvalue weighted by Gasteiger charge is 2.24. The number of halogens is 1. The number of amides is 1. The predicted octanol–water partition coefficient (Wildman–Crippen LogP) is 3.76. The van der Waals surface area contributed by atoms with Crippen LogP contribution in [0.3, 0.4) is 0 Å². The Morgan fingerprint density at radius 1 is 1.14 bits per heavy atom. The quantitative estimate of drug-likeness (QED) is 0.630. The van der Waals surface area contributed by atoms with Crippen molar-refractivity contribution in [1.82, 2.24) is 9.88 Å². The minimum absolute atomic E-state index is 0.156. The summed E-state index contributed by atoms with van der Waals surface area (Å²) in [5.41, 5.74) is 1.18. The predicted molar refractivity (Wildman–Crippen MR) is 107 cm³/mol. The number of carbonyl (C=O) groups excluding carboxylic acids is 1. The third-order valence-electron chi connectivity index (χ3n) is 4.42. The lowest BCUT2D eigenvalue weighted by Crippen LogP contribution is -2.33. The van der Waals surface area contributed by atoms with Crippen LogP contribution in [0, 0.1) is 5.82 Å². The molecule has 1 aromatic heterocycles. The van der Waals surface area contributed by atoms with E-state index in [4.69, 9.17) is 9.47 Å². The number of carbonyl (C=O) groups is 1. The summed E-state index contributed by atoms with van der Waals surface area (Å²) in [6.45, 7) is 1.50. The van der Waals surface area contributed by atoms with E-state index in [2.05, 4.69) is 9.88 Å². The maximum absolute atomic E-state index is 13.6. The minimum atomic E-state index is -0.316.